The summed E-state index contributed by atoms with van der Waals surface area (Å²) in [6.45, 7) is 0. The van der Waals surface area contributed by atoms with Gasteiger partial charge in [-0.05, 0) is 43.4 Å². The van der Waals surface area contributed by atoms with Crippen molar-refractivity contribution in [3.05, 3.63) is 96.1 Å². The maximum Gasteiger partial charge on any atom is 4.00 e. The Hall–Kier alpha value is -1.01. The quantitative estimate of drug-likeness (QED) is 0.171. The Balaban J connectivity index is 0.000000216. The molecule has 0 heterocycles. The van der Waals surface area contributed by atoms with Gasteiger partial charge in [0.15, 0.2) is 0 Å². The van der Waals surface area contributed by atoms with Crippen molar-refractivity contribution >= 4 is 24.0 Å². The molecule has 196 valence electrons. The van der Waals surface area contributed by atoms with Crippen molar-refractivity contribution in [2.75, 3.05) is 0 Å². The van der Waals surface area contributed by atoms with Gasteiger partial charge in [-0.3, -0.25) is 0 Å². The Morgan fingerprint density at radius 1 is 0.684 bits per heavy atom. The van der Waals surface area contributed by atoms with E-state index >= 15 is 0 Å². The summed E-state index contributed by atoms with van der Waals surface area (Å²) in [5.74, 6) is 0. The fraction of sp³-hybridized carbons (Fsp3) is 0.382. The molecule has 0 unspecified atom stereocenters. The molecule has 0 bridgehead atoms. The Kier molecular flexibility index (Phi) is 12.5. The van der Waals surface area contributed by atoms with Crippen LogP contribution in [0.15, 0.2) is 78.9 Å². The van der Waals surface area contributed by atoms with Crippen LogP contribution in [-0.2, 0) is 28.1 Å². The zero-order chi connectivity index (χ0) is 23.5. The van der Waals surface area contributed by atoms with Gasteiger partial charge in [0.25, 0.3) is 0 Å². The first kappa shape index (κ1) is 31.5. The van der Waals surface area contributed by atoms with E-state index in [1.54, 1.807) is 5.30 Å². The van der Waals surface area contributed by atoms with Gasteiger partial charge in [0.1, 0.15) is 0 Å². The smallest absolute Gasteiger partial charge is 1.00 e. The van der Waals surface area contributed by atoms with E-state index in [4.69, 9.17) is 0 Å². The van der Waals surface area contributed by atoms with Crippen molar-refractivity contribution in [2.45, 2.75) is 81.9 Å². The van der Waals surface area contributed by atoms with E-state index in [0.717, 1.165) is 17.7 Å². The van der Waals surface area contributed by atoms with E-state index in [0.29, 0.717) is 0 Å². The molecule has 0 amide bonds. The van der Waals surface area contributed by atoms with Crippen molar-refractivity contribution in [1.29, 1.82) is 0 Å². The number of hydrogen-bond donors (Lipinski definition) is 0. The number of benzene rings is 3. The van der Waals surface area contributed by atoms with E-state index in [-0.39, 0.29) is 54.5 Å². The summed E-state index contributed by atoms with van der Waals surface area (Å²) in [6, 6.07) is 32.2. The Morgan fingerprint density at radius 3 is 1.97 bits per heavy atom. The predicted molar refractivity (Wildman–Crippen MR) is 153 cm³/mol. The molecule has 0 spiro atoms. The molecule has 2 saturated carbocycles. The molecule has 38 heavy (non-hydrogen) atoms. The SMILES string of the molecule is [Cl-].[Cl-].[Ti+4].[c-]1cccc2c1Cc1ccccc1-2.c1ccc2[cH-]c(P(C3CCCCC3)C3CCCCC3)cc2c1. The standard InChI is InChI=1S/C21H28P.C13H9.2ClH.Ti/c1-3-11-19(12-4-1)22(20-13-5-2-6-14-20)21-15-17-9-7-8-10-18(17)16-21;1-3-7-12-10(5-1)9-11-6-2-4-8-13(11)12;;;/h7-10,15-16,19-20H,1-6,11-14H2;1-5,7-8H,9H2;2*1H;/q2*-1;;;+4/p-2. The van der Waals surface area contributed by atoms with Crippen LogP contribution in [0.1, 0.15) is 75.3 Å². The van der Waals surface area contributed by atoms with Crippen molar-refractivity contribution in [3.8, 4) is 11.1 Å². The van der Waals surface area contributed by atoms with Crippen LogP contribution < -0.4 is 30.1 Å². The number of rotatable bonds is 3. The summed E-state index contributed by atoms with van der Waals surface area (Å²) < 4.78 is 0. The molecule has 0 N–H and O–H groups in total. The van der Waals surface area contributed by atoms with E-state index in [1.807, 2.05) is 6.07 Å². The maximum absolute atomic E-state index is 3.30. The Labute approximate surface area is 258 Å². The second-order valence-electron chi connectivity index (χ2n) is 10.7. The monoisotopic (exact) mass is 594 g/mol. The van der Waals surface area contributed by atoms with Crippen LogP contribution in [0.4, 0.5) is 0 Å². The van der Waals surface area contributed by atoms with Gasteiger partial charge in [0.2, 0.25) is 0 Å². The van der Waals surface area contributed by atoms with Crippen LogP contribution in [0.2, 0.25) is 0 Å². The van der Waals surface area contributed by atoms with Gasteiger partial charge in [-0.2, -0.15) is 35.9 Å². The molecule has 4 aromatic carbocycles. The molecule has 0 aliphatic heterocycles. The molecule has 4 heteroatoms. The second kappa shape index (κ2) is 15.1. The summed E-state index contributed by atoms with van der Waals surface area (Å²) in [4.78, 5) is 0. The minimum Gasteiger partial charge on any atom is -1.00 e. The third-order valence-electron chi connectivity index (χ3n) is 8.45. The molecule has 0 nitrogen and oxygen atoms in total. The summed E-state index contributed by atoms with van der Waals surface area (Å²) >= 11 is 0. The van der Waals surface area contributed by atoms with E-state index < -0.39 is 0 Å². The average Bonchev–Trinajstić information content (AvgIpc) is 3.52. The van der Waals surface area contributed by atoms with Gasteiger partial charge in [-0.1, -0.05) is 87.9 Å². The first-order chi connectivity index (χ1) is 17.4. The van der Waals surface area contributed by atoms with E-state index in [2.05, 4.69) is 78.9 Å². The zero-order valence-electron chi connectivity index (χ0n) is 22.1. The topological polar surface area (TPSA) is 0 Å². The molecular formula is C34H37Cl2PTi. The van der Waals surface area contributed by atoms with Crippen molar-refractivity contribution in [2.24, 2.45) is 0 Å². The van der Waals surface area contributed by atoms with Crippen LogP contribution in [0, 0.1) is 6.07 Å². The molecule has 2 fully saturated rings. The van der Waals surface area contributed by atoms with Gasteiger partial charge in [0, 0.05) is 0 Å². The van der Waals surface area contributed by atoms with Crippen LogP contribution in [-0.4, -0.2) is 11.3 Å². The number of fused-ring (bicyclic) bond motifs is 4. The predicted octanol–water partition coefficient (Wildman–Crippen LogP) is 3.39. The molecule has 0 saturated heterocycles. The average molecular weight is 595 g/mol. The largest absolute Gasteiger partial charge is 4.00 e. The van der Waals surface area contributed by atoms with Crippen molar-refractivity contribution in [1.82, 2.24) is 0 Å². The summed E-state index contributed by atoms with van der Waals surface area (Å²) in [7, 11) is 0.0611. The third-order valence-corrected chi connectivity index (χ3v) is 11.9. The first-order valence-corrected chi connectivity index (χ1v) is 15.4. The number of halogens is 2. The first-order valence-electron chi connectivity index (χ1n) is 13.9. The minimum absolute atomic E-state index is 0. The Morgan fingerprint density at radius 2 is 1.29 bits per heavy atom. The van der Waals surface area contributed by atoms with Crippen LogP contribution in [0.5, 0.6) is 0 Å². The molecule has 3 aliphatic rings. The van der Waals surface area contributed by atoms with E-state index in [1.165, 1.54) is 97.2 Å². The van der Waals surface area contributed by atoms with Gasteiger partial charge in [-0.25, -0.2) is 0 Å². The van der Waals surface area contributed by atoms with Gasteiger partial charge >= 0.3 is 21.7 Å². The molecule has 7 rings (SSSR count). The molecule has 0 radical (unpaired) electrons. The minimum atomic E-state index is 0. The summed E-state index contributed by atoms with van der Waals surface area (Å²) in [5.41, 5.74) is 7.54. The van der Waals surface area contributed by atoms with E-state index in [9.17, 15) is 0 Å². The molecule has 4 aromatic rings. The van der Waals surface area contributed by atoms with Crippen LogP contribution in [0.3, 0.4) is 0 Å². The number of hydrogen-bond acceptors (Lipinski definition) is 0. The fourth-order valence-corrected chi connectivity index (χ4v) is 10.6. The van der Waals surface area contributed by atoms with Crippen LogP contribution >= 0.6 is 7.92 Å². The van der Waals surface area contributed by atoms with Gasteiger partial charge in [-0.15, -0.1) is 45.9 Å². The van der Waals surface area contributed by atoms with Gasteiger partial charge in [0.05, 0.1) is 0 Å². The molecule has 0 atom stereocenters. The maximum atomic E-state index is 3.30. The summed E-state index contributed by atoms with van der Waals surface area (Å²) in [5, 5.41) is 4.67. The van der Waals surface area contributed by atoms with Crippen molar-refractivity contribution < 1.29 is 46.5 Å². The second-order valence-corrected chi connectivity index (χ2v) is 13.5. The zero-order valence-corrected chi connectivity index (χ0v) is 26.1. The fourth-order valence-electron chi connectivity index (χ4n) is 6.72. The van der Waals surface area contributed by atoms with Crippen LogP contribution in [0.25, 0.3) is 21.9 Å². The molecule has 3 aliphatic carbocycles. The third kappa shape index (κ3) is 7.00. The Bertz CT molecular complexity index is 1180. The molecular weight excluding hydrogens is 558 g/mol. The normalized spacial score (nSPS) is 16.8. The summed E-state index contributed by atoms with van der Waals surface area (Å²) in [6.07, 6.45) is 16.0. The van der Waals surface area contributed by atoms with Gasteiger partial charge < -0.3 is 24.8 Å². The van der Waals surface area contributed by atoms with Crippen molar-refractivity contribution in [3.63, 3.8) is 0 Å². The molecule has 0 aromatic heterocycles.